The fourth-order valence-electron chi connectivity index (χ4n) is 5.47. The van der Waals surface area contributed by atoms with Gasteiger partial charge in [0.2, 0.25) is 0 Å². The van der Waals surface area contributed by atoms with Gasteiger partial charge in [-0.3, -0.25) is 0 Å². The minimum atomic E-state index is 0.712. The first-order valence-electron chi connectivity index (χ1n) is 17.1. The Balaban J connectivity index is 2.20. The summed E-state index contributed by atoms with van der Waals surface area (Å²) in [7, 11) is 0. The maximum absolute atomic E-state index is 6.41. The Bertz CT molecular complexity index is 631. The van der Waals surface area contributed by atoms with Crippen LogP contribution in [-0.4, -0.2) is 0 Å². The van der Waals surface area contributed by atoms with E-state index in [0.29, 0.717) is 6.61 Å². The van der Waals surface area contributed by atoms with Crippen LogP contribution in [0.3, 0.4) is 0 Å². The first kappa shape index (κ1) is 34.8. The molecular weight excluding hydrogens is 460 g/mol. The smallest absolute Gasteiger partial charge is 0.113 e. The van der Waals surface area contributed by atoms with Crippen molar-refractivity contribution >= 4 is 0 Å². The van der Waals surface area contributed by atoms with Gasteiger partial charge in [-0.15, -0.1) is 0 Å². The zero-order chi connectivity index (χ0) is 27.4. The molecule has 220 valence electrons. The Hall–Kier alpha value is -1.24. The monoisotopic (exact) mass is 527 g/mol. The lowest BCUT2D eigenvalue weighted by Gasteiger charge is -2.15. The van der Waals surface area contributed by atoms with Gasteiger partial charge in [-0.25, -0.2) is 0 Å². The molecule has 0 bridgehead atoms. The van der Waals surface area contributed by atoms with Crippen LogP contribution in [0.15, 0.2) is 41.7 Å². The average molecular weight is 527 g/mol. The SMILES string of the molecule is CCCCCCCCCCCCCCCCC(C)=C(CCCCCCCCCCC)OCc1ccccc1. The van der Waals surface area contributed by atoms with E-state index in [2.05, 4.69) is 51.1 Å². The lowest BCUT2D eigenvalue weighted by molar-refractivity contribution is 0.182. The van der Waals surface area contributed by atoms with E-state index in [1.165, 1.54) is 171 Å². The number of allylic oxidation sites excluding steroid dienone is 2. The van der Waals surface area contributed by atoms with Crippen LogP contribution in [0.4, 0.5) is 0 Å². The van der Waals surface area contributed by atoms with Gasteiger partial charge in [0.05, 0.1) is 5.76 Å². The highest BCUT2D eigenvalue weighted by molar-refractivity contribution is 5.14. The zero-order valence-corrected chi connectivity index (χ0v) is 26.2. The van der Waals surface area contributed by atoms with Crippen LogP contribution < -0.4 is 0 Å². The van der Waals surface area contributed by atoms with Gasteiger partial charge in [0.1, 0.15) is 6.61 Å². The highest BCUT2D eigenvalue weighted by Crippen LogP contribution is 2.22. The number of benzene rings is 1. The molecular formula is C37H66O. The summed E-state index contributed by atoms with van der Waals surface area (Å²) < 4.78 is 6.41. The third-order valence-electron chi connectivity index (χ3n) is 8.14. The summed E-state index contributed by atoms with van der Waals surface area (Å²) in [5.41, 5.74) is 2.78. The van der Waals surface area contributed by atoms with Gasteiger partial charge in [-0.05, 0) is 37.3 Å². The molecule has 1 aromatic carbocycles. The maximum Gasteiger partial charge on any atom is 0.113 e. The van der Waals surface area contributed by atoms with Crippen molar-refractivity contribution in [2.75, 3.05) is 0 Å². The van der Waals surface area contributed by atoms with E-state index in [0.717, 1.165) is 6.42 Å². The first-order chi connectivity index (χ1) is 18.8. The van der Waals surface area contributed by atoms with Crippen LogP contribution in [0.2, 0.25) is 0 Å². The predicted octanol–water partition coefficient (Wildman–Crippen LogP) is 13.3. The van der Waals surface area contributed by atoms with E-state index in [1.807, 2.05) is 0 Å². The van der Waals surface area contributed by atoms with Crippen molar-refractivity contribution in [1.29, 1.82) is 0 Å². The van der Waals surface area contributed by atoms with Crippen LogP contribution in [0.25, 0.3) is 0 Å². The van der Waals surface area contributed by atoms with E-state index in [-0.39, 0.29) is 0 Å². The fraction of sp³-hybridized carbons (Fsp3) is 0.784. The van der Waals surface area contributed by atoms with Gasteiger partial charge in [-0.2, -0.15) is 0 Å². The van der Waals surface area contributed by atoms with Crippen LogP contribution in [0.5, 0.6) is 0 Å². The zero-order valence-electron chi connectivity index (χ0n) is 26.2. The quantitative estimate of drug-likeness (QED) is 0.0779. The van der Waals surface area contributed by atoms with Crippen molar-refractivity contribution in [2.45, 2.75) is 188 Å². The fourth-order valence-corrected chi connectivity index (χ4v) is 5.47. The van der Waals surface area contributed by atoms with E-state index in [1.54, 1.807) is 0 Å². The molecule has 1 nitrogen and oxygen atoms in total. The van der Waals surface area contributed by atoms with Crippen molar-refractivity contribution in [1.82, 2.24) is 0 Å². The second-order valence-electron chi connectivity index (χ2n) is 11.9. The van der Waals surface area contributed by atoms with Crippen LogP contribution in [-0.2, 0) is 11.3 Å². The van der Waals surface area contributed by atoms with Crippen molar-refractivity contribution in [2.24, 2.45) is 0 Å². The Kier molecular flexibility index (Phi) is 25.0. The van der Waals surface area contributed by atoms with E-state index in [9.17, 15) is 0 Å². The van der Waals surface area contributed by atoms with Gasteiger partial charge in [-0.1, -0.05) is 179 Å². The minimum absolute atomic E-state index is 0.712. The Morgan fingerprint density at radius 3 is 1.26 bits per heavy atom. The number of ether oxygens (including phenoxy) is 1. The molecule has 0 saturated carbocycles. The van der Waals surface area contributed by atoms with E-state index in [4.69, 9.17) is 4.74 Å². The van der Waals surface area contributed by atoms with Gasteiger partial charge < -0.3 is 4.74 Å². The topological polar surface area (TPSA) is 9.23 Å². The van der Waals surface area contributed by atoms with Crippen molar-refractivity contribution in [3.05, 3.63) is 47.2 Å². The Morgan fingerprint density at radius 2 is 0.842 bits per heavy atom. The average Bonchev–Trinajstić information content (AvgIpc) is 2.94. The third kappa shape index (κ3) is 21.7. The number of rotatable bonds is 28. The summed E-state index contributed by atoms with van der Waals surface area (Å²) in [6.45, 7) is 7.64. The van der Waals surface area contributed by atoms with Crippen molar-refractivity contribution < 1.29 is 4.74 Å². The van der Waals surface area contributed by atoms with Crippen molar-refractivity contribution in [3.8, 4) is 0 Å². The Morgan fingerprint density at radius 1 is 0.474 bits per heavy atom. The molecule has 1 rings (SSSR count). The van der Waals surface area contributed by atoms with E-state index < -0.39 is 0 Å². The Labute approximate surface area is 239 Å². The van der Waals surface area contributed by atoms with Crippen molar-refractivity contribution in [3.63, 3.8) is 0 Å². The highest BCUT2D eigenvalue weighted by Gasteiger charge is 2.06. The van der Waals surface area contributed by atoms with E-state index >= 15 is 0 Å². The normalized spacial score (nSPS) is 12.1. The molecule has 0 saturated heterocycles. The van der Waals surface area contributed by atoms with Crippen LogP contribution >= 0.6 is 0 Å². The molecule has 0 aliphatic carbocycles. The largest absolute Gasteiger partial charge is 0.493 e. The lowest BCUT2D eigenvalue weighted by Crippen LogP contribution is -1.98. The summed E-state index contributed by atoms with van der Waals surface area (Å²) in [6.07, 6.45) is 34.7. The summed E-state index contributed by atoms with van der Waals surface area (Å²) in [5, 5.41) is 0. The molecule has 38 heavy (non-hydrogen) atoms. The summed E-state index contributed by atoms with van der Waals surface area (Å²) in [5.74, 6) is 1.28. The molecule has 0 atom stereocenters. The van der Waals surface area contributed by atoms with Gasteiger partial charge >= 0.3 is 0 Å². The molecule has 0 aliphatic heterocycles. The second kappa shape index (κ2) is 27.3. The van der Waals surface area contributed by atoms with Crippen LogP contribution in [0, 0.1) is 0 Å². The summed E-state index contributed by atoms with van der Waals surface area (Å²) in [4.78, 5) is 0. The van der Waals surface area contributed by atoms with Crippen LogP contribution in [0.1, 0.15) is 187 Å². The third-order valence-corrected chi connectivity index (χ3v) is 8.14. The second-order valence-corrected chi connectivity index (χ2v) is 11.9. The number of unbranched alkanes of at least 4 members (excludes halogenated alkanes) is 21. The molecule has 0 N–H and O–H groups in total. The minimum Gasteiger partial charge on any atom is -0.493 e. The number of hydrogen-bond acceptors (Lipinski definition) is 1. The first-order valence-corrected chi connectivity index (χ1v) is 17.1. The summed E-state index contributed by atoms with van der Waals surface area (Å²) in [6, 6.07) is 10.7. The highest BCUT2D eigenvalue weighted by atomic mass is 16.5. The molecule has 0 radical (unpaired) electrons. The molecule has 0 aromatic heterocycles. The molecule has 0 unspecified atom stereocenters. The van der Waals surface area contributed by atoms with Gasteiger partial charge in [0, 0.05) is 6.42 Å². The standard InChI is InChI=1S/C37H66O/c1-4-6-8-10-12-14-15-16-17-18-20-21-23-26-30-35(3)37(38-34-36-31-27-25-28-32-36)33-29-24-22-19-13-11-9-7-5-2/h25,27-28,31-32H,4-24,26,29-30,33-34H2,1-3H3. The molecule has 0 amide bonds. The predicted molar refractivity (Wildman–Crippen MR) is 171 cm³/mol. The molecule has 0 aliphatic rings. The van der Waals surface area contributed by atoms with Gasteiger partial charge in [0.15, 0.2) is 0 Å². The molecule has 0 heterocycles. The number of hydrogen-bond donors (Lipinski definition) is 0. The van der Waals surface area contributed by atoms with Gasteiger partial charge in [0.25, 0.3) is 0 Å². The summed E-state index contributed by atoms with van der Waals surface area (Å²) >= 11 is 0. The maximum atomic E-state index is 6.41. The molecule has 1 heteroatoms. The molecule has 0 fully saturated rings. The molecule has 1 aromatic rings. The lowest BCUT2D eigenvalue weighted by atomic mass is 10.0. The molecule has 0 spiro atoms.